The number of nitrogens with zero attached hydrogens (tertiary/aromatic N) is 4. The van der Waals surface area contributed by atoms with E-state index in [-0.39, 0.29) is 24.5 Å². The fourth-order valence-electron chi connectivity index (χ4n) is 3.36. The summed E-state index contributed by atoms with van der Waals surface area (Å²) in [5.74, 6) is 0.891. The molecule has 28 heavy (non-hydrogen) atoms. The smallest absolute Gasteiger partial charge is 0.320 e. The number of anilines is 2. The second-order valence-corrected chi connectivity index (χ2v) is 8.34. The molecule has 0 aromatic carbocycles. The molecule has 4 rings (SSSR count). The molecule has 2 saturated heterocycles. The van der Waals surface area contributed by atoms with E-state index >= 15 is 0 Å². The van der Waals surface area contributed by atoms with Crippen LogP contribution in [0.2, 0.25) is 4.34 Å². The van der Waals surface area contributed by atoms with Crippen molar-refractivity contribution in [3.8, 4) is 0 Å². The van der Waals surface area contributed by atoms with Gasteiger partial charge in [-0.05, 0) is 12.1 Å². The Morgan fingerprint density at radius 3 is 2.82 bits per heavy atom. The molecule has 8 nitrogen and oxygen atoms in total. The summed E-state index contributed by atoms with van der Waals surface area (Å²) in [6.07, 6.45) is 0. The minimum absolute atomic E-state index is 0. The highest BCUT2D eigenvalue weighted by atomic mass is 35.5. The summed E-state index contributed by atoms with van der Waals surface area (Å²) >= 11 is 7.55. The third-order valence-electron chi connectivity index (χ3n) is 4.92. The van der Waals surface area contributed by atoms with Gasteiger partial charge in [-0.15, -0.1) is 23.7 Å². The third-order valence-corrected chi connectivity index (χ3v) is 6.23. The number of morpholine rings is 1. The van der Waals surface area contributed by atoms with E-state index in [4.69, 9.17) is 16.3 Å². The monoisotopic (exact) mass is 446 g/mol. The number of carbonyl (C=O) groups is 1. The van der Waals surface area contributed by atoms with Crippen molar-refractivity contribution in [2.24, 2.45) is 0 Å². The van der Waals surface area contributed by atoms with Gasteiger partial charge in [0.15, 0.2) is 0 Å². The van der Waals surface area contributed by atoms with Crippen molar-refractivity contribution < 1.29 is 9.53 Å². The Hall–Kier alpha value is -1.52. The molecule has 154 valence electrons. The summed E-state index contributed by atoms with van der Waals surface area (Å²) in [6.45, 7) is 4.61. The van der Waals surface area contributed by atoms with Gasteiger partial charge in [0.05, 0.1) is 34.3 Å². The number of urea groups is 1. The summed E-state index contributed by atoms with van der Waals surface area (Å²) in [6, 6.07) is 5.98. The van der Waals surface area contributed by atoms with Gasteiger partial charge < -0.3 is 24.8 Å². The van der Waals surface area contributed by atoms with Crippen LogP contribution >= 0.6 is 35.3 Å². The number of thiophene rings is 1. The first-order valence-corrected chi connectivity index (χ1v) is 10.2. The van der Waals surface area contributed by atoms with Gasteiger partial charge in [0.25, 0.3) is 0 Å². The zero-order valence-corrected chi connectivity index (χ0v) is 17.9. The van der Waals surface area contributed by atoms with Gasteiger partial charge >= 0.3 is 6.03 Å². The van der Waals surface area contributed by atoms with Crippen LogP contribution in [0.5, 0.6) is 0 Å². The van der Waals surface area contributed by atoms with E-state index in [1.165, 1.54) is 11.3 Å². The van der Waals surface area contributed by atoms with Crippen molar-refractivity contribution in [1.29, 1.82) is 0 Å². The van der Waals surface area contributed by atoms with Gasteiger partial charge in [-0.1, -0.05) is 11.6 Å². The maximum Gasteiger partial charge on any atom is 0.320 e. The van der Waals surface area contributed by atoms with Crippen LogP contribution in [0.3, 0.4) is 0 Å². The number of aromatic amines is 1. The Labute approximate surface area is 179 Å². The van der Waals surface area contributed by atoms with E-state index in [1.54, 1.807) is 0 Å². The highest BCUT2D eigenvalue weighted by Crippen LogP contribution is 2.33. The molecule has 0 saturated carbocycles. The summed E-state index contributed by atoms with van der Waals surface area (Å²) in [5.41, 5.74) is 0.902. The average Bonchev–Trinajstić information content (AvgIpc) is 3.37. The largest absolute Gasteiger partial charge is 0.378 e. The quantitative estimate of drug-likeness (QED) is 0.757. The predicted molar refractivity (Wildman–Crippen MR) is 113 cm³/mol. The summed E-state index contributed by atoms with van der Waals surface area (Å²) in [4.78, 5) is 18.5. The highest BCUT2D eigenvalue weighted by molar-refractivity contribution is 7.20. The third kappa shape index (κ3) is 4.55. The Bertz CT molecular complexity index is 794. The molecule has 0 spiro atoms. The number of rotatable bonds is 3. The molecule has 0 aliphatic carbocycles. The first-order valence-electron chi connectivity index (χ1n) is 9.01. The lowest BCUT2D eigenvalue weighted by atomic mass is 10.1. The number of H-pyrrole nitrogens is 1. The Balaban J connectivity index is 0.00000225. The van der Waals surface area contributed by atoms with E-state index in [9.17, 15) is 4.79 Å². The SMILES string of the molecule is CN(c1cc(C2CN(C(=O)N3CCOCC3)CCN2)n[nH]1)c1ccc(Cl)s1.Cl. The Morgan fingerprint density at radius 2 is 2.11 bits per heavy atom. The van der Waals surface area contributed by atoms with Gasteiger partial charge in [-0.3, -0.25) is 5.10 Å². The molecule has 1 atom stereocenters. The number of hydrogen-bond acceptors (Lipinski definition) is 6. The van der Waals surface area contributed by atoms with Crippen LogP contribution in [0.4, 0.5) is 15.6 Å². The molecule has 2 fully saturated rings. The average molecular weight is 447 g/mol. The summed E-state index contributed by atoms with van der Waals surface area (Å²) < 4.78 is 6.09. The molecule has 2 aromatic rings. The minimum Gasteiger partial charge on any atom is -0.378 e. The summed E-state index contributed by atoms with van der Waals surface area (Å²) in [7, 11) is 1.97. The Morgan fingerprint density at radius 1 is 1.32 bits per heavy atom. The Kier molecular flexibility index (Phi) is 7.05. The van der Waals surface area contributed by atoms with Gasteiger partial charge in [-0.2, -0.15) is 5.10 Å². The van der Waals surface area contributed by atoms with Crippen molar-refractivity contribution >= 4 is 52.2 Å². The number of amides is 2. The zero-order valence-electron chi connectivity index (χ0n) is 15.6. The lowest BCUT2D eigenvalue weighted by molar-refractivity contribution is 0.0406. The van der Waals surface area contributed by atoms with E-state index in [1.807, 2.05) is 39.9 Å². The second kappa shape index (κ2) is 9.32. The van der Waals surface area contributed by atoms with Crippen LogP contribution in [0.25, 0.3) is 0 Å². The minimum atomic E-state index is 0. The van der Waals surface area contributed by atoms with Crippen molar-refractivity contribution in [2.45, 2.75) is 6.04 Å². The molecule has 2 N–H and O–H groups in total. The van der Waals surface area contributed by atoms with Crippen LogP contribution in [-0.4, -0.2) is 79.0 Å². The molecule has 11 heteroatoms. The standard InChI is InChI=1S/C17H23ClN6O2S.ClH/c1-22(16-3-2-14(18)27-16)15-10-12(20-21-15)13-11-24(5-4-19-13)17(25)23-6-8-26-9-7-23;/h2-3,10,13,19H,4-9,11H2,1H3,(H,20,21);1H. The van der Waals surface area contributed by atoms with Crippen molar-refractivity contribution in [2.75, 3.05) is 57.9 Å². The number of hydrogen-bond donors (Lipinski definition) is 2. The maximum atomic E-state index is 12.8. The van der Waals surface area contributed by atoms with E-state index < -0.39 is 0 Å². The first kappa shape index (κ1) is 21.2. The van der Waals surface area contributed by atoms with Crippen LogP contribution in [0.15, 0.2) is 18.2 Å². The number of carbonyl (C=O) groups excluding carboxylic acids is 1. The van der Waals surface area contributed by atoms with E-state index in [0.29, 0.717) is 39.4 Å². The fourth-order valence-corrected chi connectivity index (χ4v) is 4.36. The molecule has 2 aliphatic heterocycles. The first-order chi connectivity index (χ1) is 13.1. The van der Waals surface area contributed by atoms with Crippen molar-refractivity contribution in [1.82, 2.24) is 25.3 Å². The highest BCUT2D eigenvalue weighted by Gasteiger charge is 2.29. The van der Waals surface area contributed by atoms with Crippen molar-refractivity contribution in [3.63, 3.8) is 0 Å². The number of piperazine rings is 1. The normalized spacial score (nSPS) is 20.0. The lowest BCUT2D eigenvalue weighted by Gasteiger charge is -2.37. The number of aromatic nitrogens is 2. The van der Waals surface area contributed by atoms with Crippen LogP contribution < -0.4 is 10.2 Å². The molecular weight excluding hydrogens is 423 g/mol. The molecule has 4 heterocycles. The lowest BCUT2D eigenvalue weighted by Crippen LogP contribution is -2.54. The molecule has 2 aromatic heterocycles. The summed E-state index contributed by atoms with van der Waals surface area (Å²) in [5, 5.41) is 12.1. The number of nitrogens with one attached hydrogen (secondary N) is 2. The van der Waals surface area contributed by atoms with Gasteiger partial charge in [-0.25, -0.2) is 4.79 Å². The predicted octanol–water partition coefficient (Wildman–Crippen LogP) is 2.71. The molecule has 0 bridgehead atoms. The molecule has 2 amide bonds. The van der Waals surface area contributed by atoms with Gasteiger partial charge in [0.1, 0.15) is 5.82 Å². The van der Waals surface area contributed by atoms with E-state index in [0.717, 1.165) is 27.4 Å². The van der Waals surface area contributed by atoms with Gasteiger partial charge in [0, 0.05) is 45.8 Å². The zero-order chi connectivity index (χ0) is 18.8. The molecular formula is C17H24Cl2N6O2S. The van der Waals surface area contributed by atoms with Crippen LogP contribution in [0.1, 0.15) is 11.7 Å². The maximum absolute atomic E-state index is 12.8. The molecule has 1 unspecified atom stereocenters. The van der Waals surface area contributed by atoms with Crippen LogP contribution in [0, 0.1) is 0 Å². The molecule has 2 aliphatic rings. The topological polar surface area (TPSA) is 76.7 Å². The number of ether oxygens (including phenoxy) is 1. The van der Waals surface area contributed by atoms with Crippen LogP contribution in [-0.2, 0) is 4.74 Å². The number of halogens is 2. The second-order valence-electron chi connectivity index (χ2n) is 6.65. The van der Waals surface area contributed by atoms with Crippen molar-refractivity contribution in [3.05, 3.63) is 28.2 Å². The van der Waals surface area contributed by atoms with Gasteiger partial charge in [0.2, 0.25) is 0 Å². The fraction of sp³-hybridized carbons (Fsp3) is 0.529. The van der Waals surface area contributed by atoms with E-state index in [2.05, 4.69) is 15.5 Å². The molecule has 0 radical (unpaired) electrons.